The number of pyridine rings is 2. The van der Waals surface area contributed by atoms with Crippen molar-refractivity contribution in [3.63, 3.8) is 0 Å². The molecule has 0 spiro atoms. The summed E-state index contributed by atoms with van der Waals surface area (Å²) in [6, 6.07) is 14.0. The van der Waals surface area contributed by atoms with Crippen molar-refractivity contribution in [2.75, 3.05) is 19.8 Å². The molecule has 6 heterocycles. The summed E-state index contributed by atoms with van der Waals surface area (Å²) in [5.41, 5.74) is 7.31. The Labute approximate surface area is 218 Å². The zero-order valence-electron chi connectivity index (χ0n) is 21.2. The minimum absolute atomic E-state index is 0.00595. The molecule has 1 fully saturated rings. The van der Waals surface area contributed by atoms with E-state index in [-0.39, 0.29) is 11.6 Å². The van der Waals surface area contributed by atoms with Crippen LogP contribution in [0.4, 0.5) is 0 Å². The SMILES string of the molecule is Cc1ccc(-n2nnc(C)c2COc2cc3c(cn2)C(C2(n4nnc5ccccc54)COC2)NCC3)cn1. The van der Waals surface area contributed by atoms with Gasteiger partial charge in [0, 0.05) is 18.0 Å². The van der Waals surface area contributed by atoms with Gasteiger partial charge in [-0.15, -0.1) is 10.2 Å². The Hall–Kier alpha value is -4.22. The van der Waals surface area contributed by atoms with E-state index in [1.165, 1.54) is 5.56 Å². The second-order valence-electron chi connectivity index (χ2n) is 9.92. The third-order valence-corrected chi connectivity index (χ3v) is 7.52. The van der Waals surface area contributed by atoms with Crippen LogP contribution in [0, 0.1) is 13.8 Å². The van der Waals surface area contributed by atoms with Crippen LogP contribution in [0.15, 0.2) is 54.9 Å². The fourth-order valence-corrected chi connectivity index (χ4v) is 5.38. The standard InChI is InChI=1S/C27H27N9O2/c1-17-7-8-20(12-29-17)35-24(18(2)31-33-35)14-38-25-11-19-9-10-28-26(21(19)13-30-25)27(15-37-16-27)36-23-6-4-3-5-22(23)32-34-36/h3-8,11-13,26,28H,9-10,14-16H2,1-2H3. The monoisotopic (exact) mass is 509 g/mol. The van der Waals surface area contributed by atoms with Gasteiger partial charge in [0.2, 0.25) is 5.88 Å². The summed E-state index contributed by atoms with van der Waals surface area (Å²) in [7, 11) is 0. The Morgan fingerprint density at radius 3 is 2.76 bits per heavy atom. The van der Waals surface area contributed by atoms with Crippen LogP contribution in [0.1, 0.15) is 34.3 Å². The molecule has 1 N–H and O–H groups in total. The van der Waals surface area contributed by atoms with Gasteiger partial charge >= 0.3 is 0 Å². The van der Waals surface area contributed by atoms with Crippen LogP contribution in [0.25, 0.3) is 16.7 Å². The van der Waals surface area contributed by atoms with Crippen LogP contribution < -0.4 is 10.1 Å². The molecule has 11 heteroatoms. The lowest BCUT2D eigenvalue weighted by atomic mass is 9.80. The van der Waals surface area contributed by atoms with Crippen molar-refractivity contribution in [3.05, 3.63) is 83.1 Å². The van der Waals surface area contributed by atoms with Gasteiger partial charge in [0.05, 0.1) is 42.4 Å². The van der Waals surface area contributed by atoms with E-state index in [1.807, 2.05) is 61.1 Å². The van der Waals surface area contributed by atoms with Gasteiger partial charge < -0.3 is 14.8 Å². The van der Waals surface area contributed by atoms with E-state index in [2.05, 4.69) is 37.0 Å². The molecule has 0 aliphatic carbocycles. The van der Waals surface area contributed by atoms with Gasteiger partial charge in [0.15, 0.2) is 0 Å². The maximum Gasteiger partial charge on any atom is 0.213 e. The van der Waals surface area contributed by atoms with Gasteiger partial charge in [0.25, 0.3) is 0 Å². The predicted molar refractivity (Wildman–Crippen MR) is 138 cm³/mol. The van der Waals surface area contributed by atoms with Gasteiger partial charge in [-0.25, -0.2) is 14.3 Å². The van der Waals surface area contributed by atoms with Gasteiger partial charge in [-0.2, -0.15) is 0 Å². The molecule has 0 radical (unpaired) electrons. The predicted octanol–water partition coefficient (Wildman–Crippen LogP) is 2.61. The van der Waals surface area contributed by atoms with Crippen LogP contribution in [0.5, 0.6) is 5.88 Å². The van der Waals surface area contributed by atoms with Crippen LogP contribution in [0.3, 0.4) is 0 Å². The largest absolute Gasteiger partial charge is 0.471 e. The van der Waals surface area contributed by atoms with Crippen molar-refractivity contribution >= 4 is 11.0 Å². The van der Waals surface area contributed by atoms with E-state index in [4.69, 9.17) is 14.5 Å². The van der Waals surface area contributed by atoms with Gasteiger partial charge in [-0.1, -0.05) is 22.6 Å². The second kappa shape index (κ2) is 8.96. The molecule has 1 aromatic carbocycles. The minimum atomic E-state index is -0.368. The van der Waals surface area contributed by atoms with Gasteiger partial charge in [-0.05, 0) is 62.2 Å². The maximum atomic E-state index is 6.17. The first-order valence-corrected chi connectivity index (χ1v) is 12.7. The number of hydrogen-bond acceptors (Lipinski definition) is 9. The summed E-state index contributed by atoms with van der Waals surface area (Å²) in [5, 5.41) is 21.2. The highest BCUT2D eigenvalue weighted by molar-refractivity contribution is 5.74. The summed E-state index contributed by atoms with van der Waals surface area (Å²) in [5.74, 6) is 0.573. The van der Waals surface area contributed by atoms with Crippen molar-refractivity contribution in [1.82, 2.24) is 45.3 Å². The summed E-state index contributed by atoms with van der Waals surface area (Å²) in [6.07, 6.45) is 4.59. The zero-order chi connectivity index (χ0) is 25.7. The maximum absolute atomic E-state index is 6.17. The second-order valence-corrected chi connectivity index (χ2v) is 9.92. The van der Waals surface area contributed by atoms with Crippen molar-refractivity contribution in [2.45, 2.75) is 38.5 Å². The number of hydrogen-bond donors (Lipinski definition) is 1. The van der Waals surface area contributed by atoms with Crippen LogP contribution >= 0.6 is 0 Å². The molecule has 192 valence electrons. The fraction of sp³-hybridized carbons (Fsp3) is 0.333. The summed E-state index contributed by atoms with van der Waals surface area (Å²) < 4.78 is 15.7. The first-order chi connectivity index (χ1) is 18.6. The van der Waals surface area contributed by atoms with Crippen LogP contribution in [-0.4, -0.2) is 59.7 Å². The number of ether oxygens (including phenoxy) is 2. The molecule has 7 rings (SSSR count). The normalized spacial score (nSPS) is 18.2. The van der Waals surface area contributed by atoms with E-state index >= 15 is 0 Å². The van der Waals surface area contributed by atoms with Crippen molar-refractivity contribution in [1.29, 1.82) is 0 Å². The van der Waals surface area contributed by atoms with Crippen molar-refractivity contribution in [3.8, 4) is 11.6 Å². The molecule has 4 aromatic heterocycles. The van der Waals surface area contributed by atoms with E-state index in [9.17, 15) is 0 Å². The molecule has 5 aromatic rings. The highest BCUT2D eigenvalue weighted by atomic mass is 16.5. The number of rotatable bonds is 6. The molecule has 1 saturated heterocycles. The summed E-state index contributed by atoms with van der Waals surface area (Å²) in [6.45, 7) is 6.12. The van der Waals surface area contributed by atoms with Crippen LogP contribution in [0.2, 0.25) is 0 Å². The molecule has 2 aliphatic heterocycles. The number of benzene rings is 1. The molecule has 0 bridgehead atoms. The smallest absolute Gasteiger partial charge is 0.213 e. The van der Waals surface area contributed by atoms with E-state index in [0.717, 1.165) is 52.3 Å². The topological polar surface area (TPSA) is 118 Å². The minimum Gasteiger partial charge on any atom is -0.471 e. The molecule has 1 unspecified atom stereocenters. The average Bonchev–Trinajstić information content (AvgIpc) is 3.51. The third kappa shape index (κ3) is 3.65. The Morgan fingerprint density at radius 1 is 1.05 bits per heavy atom. The molecule has 2 aliphatic rings. The zero-order valence-corrected chi connectivity index (χ0v) is 21.2. The molecule has 1 atom stereocenters. The summed E-state index contributed by atoms with van der Waals surface area (Å²) in [4.78, 5) is 9.07. The van der Waals surface area contributed by atoms with E-state index in [0.29, 0.717) is 25.7 Å². The number of nitrogens with one attached hydrogen (secondary N) is 1. The number of aryl methyl sites for hydroxylation is 2. The van der Waals surface area contributed by atoms with Crippen molar-refractivity contribution in [2.24, 2.45) is 0 Å². The first kappa shape index (κ1) is 22.9. The lowest BCUT2D eigenvalue weighted by Gasteiger charge is -2.48. The third-order valence-electron chi connectivity index (χ3n) is 7.52. The number of nitrogens with zero attached hydrogens (tertiary/aromatic N) is 8. The Balaban J connectivity index is 1.16. The molecule has 38 heavy (non-hydrogen) atoms. The highest BCUT2D eigenvalue weighted by Crippen LogP contribution is 2.43. The molecule has 0 amide bonds. The fourth-order valence-electron chi connectivity index (χ4n) is 5.38. The Morgan fingerprint density at radius 2 is 1.95 bits per heavy atom. The van der Waals surface area contributed by atoms with Gasteiger partial charge in [0.1, 0.15) is 23.4 Å². The lowest BCUT2D eigenvalue weighted by Crippen LogP contribution is -2.61. The van der Waals surface area contributed by atoms with Crippen LogP contribution in [-0.2, 0) is 23.3 Å². The lowest BCUT2D eigenvalue weighted by molar-refractivity contribution is -0.127. The summed E-state index contributed by atoms with van der Waals surface area (Å²) >= 11 is 0. The molecule has 11 nitrogen and oxygen atoms in total. The molecular weight excluding hydrogens is 482 g/mol. The quantitative estimate of drug-likeness (QED) is 0.368. The number of para-hydroxylation sites is 1. The average molecular weight is 510 g/mol. The Kier molecular flexibility index (Phi) is 5.41. The first-order valence-electron chi connectivity index (χ1n) is 12.7. The van der Waals surface area contributed by atoms with E-state index < -0.39 is 0 Å². The number of aromatic nitrogens is 8. The highest BCUT2D eigenvalue weighted by Gasteiger charge is 2.51. The van der Waals surface area contributed by atoms with Gasteiger partial charge in [-0.3, -0.25) is 4.98 Å². The Bertz CT molecular complexity index is 1620. The number of fused-ring (bicyclic) bond motifs is 2. The van der Waals surface area contributed by atoms with Crippen molar-refractivity contribution < 1.29 is 9.47 Å². The van der Waals surface area contributed by atoms with E-state index in [1.54, 1.807) is 10.9 Å². The molecule has 0 saturated carbocycles. The molecular formula is C27H27N9O2.